The third-order valence-corrected chi connectivity index (χ3v) is 4.85. The van der Waals surface area contributed by atoms with Crippen molar-refractivity contribution in [3.8, 4) is 0 Å². The Labute approximate surface area is 171 Å². The first kappa shape index (κ1) is 19.9. The highest BCUT2D eigenvalue weighted by Crippen LogP contribution is 2.26. The third-order valence-electron chi connectivity index (χ3n) is 4.26. The number of oxime groups is 1. The molecule has 0 fully saturated rings. The number of halogens is 2. The summed E-state index contributed by atoms with van der Waals surface area (Å²) in [5.41, 5.74) is 2.89. The minimum atomic E-state index is -0.945. The van der Waals surface area contributed by atoms with Crippen LogP contribution in [0.1, 0.15) is 29.7 Å². The largest absolute Gasteiger partial charge is 0.326 e. The van der Waals surface area contributed by atoms with E-state index in [2.05, 4.69) is 15.1 Å². The van der Waals surface area contributed by atoms with Gasteiger partial charge >= 0.3 is 0 Å². The Morgan fingerprint density at radius 3 is 2.75 bits per heavy atom. The fourth-order valence-corrected chi connectivity index (χ4v) is 3.34. The van der Waals surface area contributed by atoms with E-state index in [1.165, 1.54) is 0 Å². The molecule has 3 aromatic rings. The van der Waals surface area contributed by atoms with Gasteiger partial charge in [-0.05, 0) is 36.6 Å². The molecule has 0 aliphatic rings. The summed E-state index contributed by atoms with van der Waals surface area (Å²) in [5, 5.41) is 14.7. The smallest absolute Gasteiger partial charge is 0.213 e. The van der Waals surface area contributed by atoms with Crippen molar-refractivity contribution in [2.45, 2.75) is 19.4 Å². The lowest BCUT2D eigenvalue weighted by Crippen LogP contribution is -2.19. The van der Waals surface area contributed by atoms with E-state index in [1.807, 2.05) is 37.3 Å². The van der Waals surface area contributed by atoms with Crippen LogP contribution in [0, 0.1) is 10.1 Å². The Hall–Kier alpha value is -2.90. The van der Waals surface area contributed by atoms with Gasteiger partial charge in [0.15, 0.2) is 5.09 Å². The van der Waals surface area contributed by atoms with Crippen molar-refractivity contribution in [1.82, 2.24) is 9.55 Å². The Kier molecular flexibility index (Phi) is 6.28. The first-order chi connectivity index (χ1) is 13.5. The van der Waals surface area contributed by atoms with Crippen LogP contribution in [0.25, 0.3) is 0 Å². The SMILES string of the molecule is CC(C(=NO[N+](=O)[O-])c1ccccc1Cc1ccc(Cl)cc1Cl)n1ccnc1. The van der Waals surface area contributed by atoms with Crippen LogP contribution < -0.4 is 0 Å². The highest BCUT2D eigenvalue weighted by atomic mass is 35.5. The Bertz CT molecular complexity index is 1010. The first-order valence-corrected chi connectivity index (χ1v) is 9.10. The van der Waals surface area contributed by atoms with Crippen molar-refractivity contribution in [1.29, 1.82) is 0 Å². The van der Waals surface area contributed by atoms with E-state index in [0.29, 0.717) is 22.2 Å². The highest BCUT2D eigenvalue weighted by Gasteiger charge is 2.23. The first-order valence-electron chi connectivity index (χ1n) is 8.34. The molecule has 1 atom stereocenters. The fraction of sp³-hybridized carbons (Fsp3) is 0.158. The van der Waals surface area contributed by atoms with Gasteiger partial charge in [-0.1, -0.05) is 53.5 Å². The van der Waals surface area contributed by atoms with Crippen LogP contribution in [0.15, 0.2) is 66.3 Å². The molecule has 28 heavy (non-hydrogen) atoms. The summed E-state index contributed by atoms with van der Waals surface area (Å²) in [7, 11) is 0. The third kappa shape index (κ3) is 4.68. The predicted molar refractivity (Wildman–Crippen MR) is 107 cm³/mol. The van der Waals surface area contributed by atoms with Gasteiger partial charge in [-0.3, -0.25) is 0 Å². The lowest BCUT2D eigenvalue weighted by Gasteiger charge is -2.15. The fourth-order valence-electron chi connectivity index (χ4n) is 2.86. The second-order valence-corrected chi connectivity index (χ2v) is 6.88. The number of hydrogen-bond donors (Lipinski definition) is 0. The quantitative estimate of drug-likeness (QED) is 0.308. The molecule has 0 saturated heterocycles. The Morgan fingerprint density at radius 1 is 1.29 bits per heavy atom. The lowest BCUT2D eigenvalue weighted by atomic mass is 9.94. The van der Waals surface area contributed by atoms with Crippen LogP contribution in [0.3, 0.4) is 0 Å². The molecule has 0 saturated carbocycles. The van der Waals surface area contributed by atoms with Crippen LogP contribution in [-0.2, 0) is 11.4 Å². The van der Waals surface area contributed by atoms with Crippen LogP contribution in [0.4, 0.5) is 0 Å². The molecular weight excluding hydrogens is 403 g/mol. The Morgan fingerprint density at radius 2 is 2.07 bits per heavy atom. The maximum absolute atomic E-state index is 10.7. The zero-order valence-electron chi connectivity index (χ0n) is 14.8. The second-order valence-electron chi connectivity index (χ2n) is 6.04. The molecule has 0 spiro atoms. The normalized spacial score (nSPS) is 12.6. The maximum atomic E-state index is 10.7. The maximum Gasteiger partial charge on any atom is 0.213 e. The lowest BCUT2D eigenvalue weighted by molar-refractivity contribution is -0.760. The molecule has 2 aromatic carbocycles. The van der Waals surface area contributed by atoms with E-state index in [4.69, 9.17) is 23.2 Å². The molecule has 1 heterocycles. The number of rotatable bonds is 7. The summed E-state index contributed by atoms with van der Waals surface area (Å²) < 4.78 is 1.79. The van der Waals surface area contributed by atoms with E-state index < -0.39 is 5.09 Å². The minimum Gasteiger partial charge on any atom is -0.326 e. The van der Waals surface area contributed by atoms with E-state index in [9.17, 15) is 10.1 Å². The van der Waals surface area contributed by atoms with E-state index in [1.54, 1.807) is 35.4 Å². The molecular formula is C19H16Cl2N4O3. The topological polar surface area (TPSA) is 82.5 Å². The van der Waals surface area contributed by atoms with Crippen molar-refractivity contribution in [2.75, 3.05) is 0 Å². The molecule has 7 nitrogen and oxygen atoms in total. The molecule has 144 valence electrons. The van der Waals surface area contributed by atoms with Gasteiger partial charge in [-0.15, -0.1) is 0 Å². The molecule has 1 aromatic heterocycles. The van der Waals surface area contributed by atoms with Gasteiger partial charge in [0.2, 0.25) is 5.71 Å². The van der Waals surface area contributed by atoms with Gasteiger partial charge in [0.25, 0.3) is 0 Å². The van der Waals surface area contributed by atoms with E-state index >= 15 is 0 Å². The molecule has 0 N–H and O–H groups in total. The molecule has 0 bridgehead atoms. The van der Waals surface area contributed by atoms with Crippen LogP contribution >= 0.6 is 23.2 Å². The zero-order chi connectivity index (χ0) is 20.1. The van der Waals surface area contributed by atoms with Crippen molar-refractivity contribution in [2.24, 2.45) is 5.16 Å². The van der Waals surface area contributed by atoms with Gasteiger partial charge in [0, 0.05) is 28.0 Å². The number of imidazole rings is 1. The summed E-state index contributed by atoms with van der Waals surface area (Å²) in [6, 6.07) is 12.4. The molecule has 3 rings (SSSR count). The van der Waals surface area contributed by atoms with Gasteiger partial charge in [-0.2, -0.15) is 4.94 Å². The summed E-state index contributed by atoms with van der Waals surface area (Å²) in [6.07, 6.45) is 5.50. The van der Waals surface area contributed by atoms with Crippen molar-refractivity contribution in [3.63, 3.8) is 0 Å². The van der Waals surface area contributed by atoms with E-state index in [0.717, 1.165) is 16.7 Å². The van der Waals surface area contributed by atoms with Gasteiger partial charge in [0.1, 0.15) is 6.04 Å². The molecule has 0 aliphatic heterocycles. The Balaban J connectivity index is 2.03. The van der Waals surface area contributed by atoms with Crippen LogP contribution in [0.5, 0.6) is 0 Å². The van der Waals surface area contributed by atoms with Crippen molar-refractivity contribution < 1.29 is 10.0 Å². The van der Waals surface area contributed by atoms with Crippen LogP contribution in [0.2, 0.25) is 10.0 Å². The van der Waals surface area contributed by atoms with Crippen molar-refractivity contribution >= 4 is 28.9 Å². The number of nitrogens with zero attached hydrogens (tertiary/aromatic N) is 4. The van der Waals surface area contributed by atoms with Gasteiger partial charge < -0.3 is 4.57 Å². The molecule has 0 amide bonds. The predicted octanol–water partition coefficient (Wildman–Crippen LogP) is 4.95. The monoisotopic (exact) mass is 418 g/mol. The van der Waals surface area contributed by atoms with Gasteiger partial charge in [-0.25, -0.2) is 15.1 Å². The summed E-state index contributed by atoms with van der Waals surface area (Å²) in [4.78, 5) is 19.1. The molecule has 1 unspecified atom stereocenters. The highest BCUT2D eigenvalue weighted by molar-refractivity contribution is 6.35. The average molecular weight is 419 g/mol. The average Bonchev–Trinajstić information content (AvgIpc) is 3.19. The zero-order valence-corrected chi connectivity index (χ0v) is 16.3. The summed E-state index contributed by atoms with van der Waals surface area (Å²) in [5.74, 6) is 0. The molecule has 0 aliphatic carbocycles. The molecule has 9 heteroatoms. The number of benzene rings is 2. The number of hydrogen-bond acceptors (Lipinski definition) is 5. The van der Waals surface area contributed by atoms with Gasteiger partial charge in [0.05, 0.1) is 11.5 Å². The minimum absolute atomic E-state index is 0.343. The second kappa shape index (κ2) is 8.86. The van der Waals surface area contributed by atoms with Crippen LogP contribution in [-0.4, -0.2) is 20.3 Å². The standard InChI is InChI=1S/C19H16Cl2N4O3/c1-13(24-9-8-22-12-24)19(23-28-25(26)27)17-5-3-2-4-14(17)10-15-6-7-16(20)11-18(15)21/h2-9,11-13H,10H2,1H3. The summed E-state index contributed by atoms with van der Waals surface area (Å²) in [6.45, 7) is 1.86. The van der Waals surface area contributed by atoms with Crippen molar-refractivity contribution in [3.05, 3.63) is 98.0 Å². The number of aromatic nitrogens is 2. The summed E-state index contributed by atoms with van der Waals surface area (Å²) >= 11 is 12.3. The van der Waals surface area contributed by atoms with E-state index in [-0.39, 0.29) is 6.04 Å². The molecule has 0 radical (unpaired) electrons.